The molecule has 3 nitrogen and oxygen atoms in total. The van der Waals surface area contributed by atoms with Gasteiger partial charge in [0, 0.05) is 0 Å². The van der Waals surface area contributed by atoms with E-state index in [4.69, 9.17) is 5.11 Å². The normalized spacial score (nSPS) is 24.4. The lowest BCUT2D eigenvalue weighted by Gasteiger charge is -2.41. The predicted molar refractivity (Wildman–Crippen MR) is 90.3 cm³/mol. The Hall–Kier alpha value is -1.68. The molecule has 0 heterocycles. The van der Waals surface area contributed by atoms with E-state index < -0.39 is 17.9 Å². The number of rotatable bonds is 3. The minimum absolute atomic E-state index is 0.0659. The first-order valence-electron chi connectivity index (χ1n) is 8.72. The van der Waals surface area contributed by atoms with E-state index in [2.05, 4.69) is 13.8 Å². The highest BCUT2D eigenvalue weighted by Gasteiger charge is 2.36. The number of hydrogen-bond donors (Lipinski definition) is 2. The van der Waals surface area contributed by atoms with Crippen LogP contribution < -0.4 is 0 Å². The molecular formula is C20H25FO3. The summed E-state index contributed by atoms with van der Waals surface area (Å²) in [6.45, 7) is 4.55. The third-order valence-corrected chi connectivity index (χ3v) is 5.82. The number of benzene rings is 1. The van der Waals surface area contributed by atoms with Crippen molar-refractivity contribution in [3.05, 3.63) is 46.3 Å². The second kappa shape index (κ2) is 6.32. The largest absolute Gasteiger partial charge is 0.478 e. The van der Waals surface area contributed by atoms with Gasteiger partial charge in [-0.25, -0.2) is 9.18 Å². The molecule has 0 amide bonds. The highest BCUT2D eigenvalue weighted by Crippen LogP contribution is 2.50. The molecule has 0 radical (unpaired) electrons. The van der Waals surface area contributed by atoms with E-state index in [9.17, 15) is 14.3 Å². The molecule has 3 rings (SSSR count). The van der Waals surface area contributed by atoms with Crippen LogP contribution in [0.25, 0.3) is 0 Å². The number of carbonyl (C=O) groups is 1. The summed E-state index contributed by atoms with van der Waals surface area (Å²) in [5, 5.41) is 19.6. The van der Waals surface area contributed by atoms with Crippen molar-refractivity contribution in [2.75, 3.05) is 0 Å². The van der Waals surface area contributed by atoms with Crippen molar-refractivity contribution in [2.45, 2.75) is 58.5 Å². The molecule has 2 atom stereocenters. The first-order valence-corrected chi connectivity index (χ1v) is 8.72. The number of allylic oxidation sites excluding steroid dienone is 2. The number of carboxylic acids is 1. The maximum absolute atomic E-state index is 13.9. The van der Waals surface area contributed by atoms with Gasteiger partial charge in [0.2, 0.25) is 0 Å². The Morgan fingerprint density at radius 3 is 2.75 bits per heavy atom. The van der Waals surface area contributed by atoms with Gasteiger partial charge in [0.15, 0.2) is 0 Å². The van der Waals surface area contributed by atoms with Crippen LogP contribution in [-0.2, 0) is 0 Å². The van der Waals surface area contributed by atoms with Crippen LogP contribution in [0.1, 0.15) is 74.4 Å². The van der Waals surface area contributed by atoms with Crippen LogP contribution in [-0.4, -0.2) is 16.2 Å². The minimum atomic E-state index is -1.29. The predicted octanol–water partition coefficient (Wildman–Crippen LogP) is 4.86. The van der Waals surface area contributed by atoms with Gasteiger partial charge in [0.25, 0.3) is 0 Å². The van der Waals surface area contributed by atoms with Gasteiger partial charge in [-0.1, -0.05) is 31.1 Å². The fraction of sp³-hybridized carbons (Fsp3) is 0.550. The summed E-state index contributed by atoms with van der Waals surface area (Å²) < 4.78 is 13.9. The second-order valence-electron chi connectivity index (χ2n) is 7.81. The Morgan fingerprint density at radius 2 is 2.08 bits per heavy atom. The van der Waals surface area contributed by atoms with Crippen LogP contribution in [0.3, 0.4) is 0 Å². The molecule has 0 aliphatic heterocycles. The number of halogens is 1. The Morgan fingerprint density at radius 1 is 1.33 bits per heavy atom. The monoisotopic (exact) mass is 332 g/mol. The Balaban J connectivity index is 1.82. The van der Waals surface area contributed by atoms with E-state index in [1.165, 1.54) is 43.0 Å². The molecule has 0 saturated carbocycles. The number of aromatic carboxylic acids is 1. The first-order chi connectivity index (χ1) is 11.3. The molecule has 2 aliphatic rings. The van der Waals surface area contributed by atoms with Gasteiger partial charge < -0.3 is 10.2 Å². The molecule has 2 aliphatic carbocycles. The van der Waals surface area contributed by atoms with Crippen LogP contribution in [0, 0.1) is 17.2 Å². The number of hydrogen-bond acceptors (Lipinski definition) is 2. The topological polar surface area (TPSA) is 57.5 Å². The van der Waals surface area contributed by atoms with E-state index in [0.717, 1.165) is 19.3 Å². The first kappa shape index (κ1) is 17.2. The molecular weight excluding hydrogens is 307 g/mol. The third kappa shape index (κ3) is 3.12. The summed E-state index contributed by atoms with van der Waals surface area (Å²) in [4.78, 5) is 10.9. The van der Waals surface area contributed by atoms with Crippen molar-refractivity contribution >= 4 is 5.97 Å². The lowest BCUT2D eigenvalue weighted by Crippen LogP contribution is -2.28. The molecule has 1 aromatic carbocycles. The lowest BCUT2D eigenvalue weighted by molar-refractivity contribution is 0.0690. The third-order valence-electron chi connectivity index (χ3n) is 5.82. The van der Waals surface area contributed by atoms with E-state index in [1.54, 1.807) is 5.57 Å². The average Bonchev–Trinajstić information content (AvgIpc) is 2.53. The summed E-state index contributed by atoms with van der Waals surface area (Å²) in [7, 11) is 0. The summed E-state index contributed by atoms with van der Waals surface area (Å²) in [6, 6.07) is 3.95. The summed E-state index contributed by atoms with van der Waals surface area (Å²) in [5.41, 5.74) is 3.34. The molecule has 2 unspecified atom stereocenters. The quantitative estimate of drug-likeness (QED) is 0.777. The van der Waals surface area contributed by atoms with Gasteiger partial charge in [-0.15, -0.1) is 0 Å². The van der Waals surface area contributed by atoms with E-state index in [0.29, 0.717) is 5.56 Å². The molecule has 0 saturated heterocycles. The van der Waals surface area contributed by atoms with Crippen molar-refractivity contribution in [1.29, 1.82) is 0 Å². The summed E-state index contributed by atoms with van der Waals surface area (Å²) in [5.74, 6) is -2.01. The van der Waals surface area contributed by atoms with E-state index in [1.807, 2.05) is 0 Å². The van der Waals surface area contributed by atoms with Gasteiger partial charge in [-0.3, -0.25) is 0 Å². The summed E-state index contributed by atoms with van der Waals surface area (Å²) in [6.07, 6.45) is 5.59. The zero-order valence-electron chi connectivity index (χ0n) is 14.3. The lowest BCUT2D eigenvalue weighted by atomic mass is 9.64. The van der Waals surface area contributed by atoms with E-state index in [-0.39, 0.29) is 16.9 Å². The SMILES string of the molecule is CC1(C)CCCC2=C1CC(C(O)c1ccc(C(=O)O)c(F)c1)CC2. The molecule has 130 valence electrons. The highest BCUT2D eigenvalue weighted by atomic mass is 19.1. The standard InChI is InChI=1S/C20H25FO3/c1-20(2)9-3-4-12-5-6-13(10-16(12)20)18(22)14-7-8-15(19(23)24)17(21)11-14/h7-8,11,13,18,22H,3-6,9-10H2,1-2H3,(H,23,24). The van der Waals surface area contributed by atoms with Crippen LogP contribution in [0.15, 0.2) is 29.3 Å². The van der Waals surface area contributed by atoms with Crippen LogP contribution in [0.5, 0.6) is 0 Å². The number of aliphatic hydroxyl groups excluding tert-OH is 1. The molecule has 1 aromatic rings. The maximum atomic E-state index is 13.9. The van der Waals surface area contributed by atoms with E-state index >= 15 is 0 Å². The van der Waals surface area contributed by atoms with Gasteiger partial charge in [-0.05, 0) is 67.6 Å². The van der Waals surface area contributed by atoms with Gasteiger partial charge in [0.05, 0.1) is 11.7 Å². The Bertz CT molecular complexity index is 690. The fourth-order valence-electron chi connectivity index (χ4n) is 4.37. The van der Waals surface area contributed by atoms with Crippen molar-refractivity contribution in [3.8, 4) is 0 Å². The zero-order valence-corrected chi connectivity index (χ0v) is 14.3. The van der Waals surface area contributed by atoms with Crippen molar-refractivity contribution in [2.24, 2.45) is 11.3 Å². The maximum Gasteiger partial charge on any atom is 0.338 e. The molecule has 0 aromatic heterocycles. The zero-order chi connectivity index (χ0) is 17.5. The Kier molecular flexibility index (Phi) is 4.52. The summed E-state index contributed by atoms with van der Waals surface area (Å²) >= 11 is 0. The fourth-order valence-corrected chi connectivity index (χ4v) is 4.37. The molecule has 0 spiro atoms. The van der Waals surface area contributed by atoms with Crippen molar-refractivity contribution in [3.63, 3.8) is 0 Å². The second-order valence-corrected chi connectivity index (χ2v) is 7.81. The average molecular weight is 332 g/mol. The smallest absolute Gasteiger partial charge is 0.338 e. The van der Waals surface area contributed by atoms with Gasteiger partial charge in [-0.2, -0.15) is 0 Å². The molecule has 24 heavy (non-hydrogen) atoms. The van der Waals surface area contributed by atoms with Crippen LogP contribution in [0.4, 0.5) is 4.39 Å². The molecule has 4 heteroatoms. The van der Waals surface area contributed by atoms with Gasteiger partial charge >= 0.3 is 5.97 Å². The molecule has 2 N–H and O–H groups in total. The van der Waals surface area contributed by atoms with Gasteiger partial charge in [0.1, 0.15) is 5.82 Å². The van der Waals surface area contributed by atoms with Crippen LogP contribution in [0.2, 0.25) is 0 Å². The van der Waals surface area contributed by atoms with Crippen molar-refractivity contribution in [1.82, 2.24) is 0 Å². The minimum Gasteiger partial charge on any atom is -0.478 e. The number of carboxylic acid groups (broad SMARTS) is 1. The molecule has 0 bridgehead atoms. The van der Waals surface area contributed by atoms with Crippen LogP contribution >= 0.6 is 0 Å². The Labute approximate surface area is 142 Å². The van der Waals surface area contributed by atoms with Crippen molar-refractivity contribution < 1.29 is 19.4 Å². The molecule has 0 fully saturated rings. The number of aliphatic hydroxyl groups is 1. The highest BCUT2D eigenvalue weighted by molar-refractivity contribution is 5.87.